The lowest BCUT2D eigenvalue weighted by atomic mass is 9.60. The molecule has 1 aliphatic heterocycles. The van der Waals surface area contributed by atoms with Gasteiger partial charge in [-0.15, -0.1) is 0 Å². The van der Waals surface area contributed by atoms with E-state index in [9.17, 15) is 0 Å². The van der Waals surface area contributed by atoms with Crippen LogP contribution in [0.1, 0.15) is 59.3 Å². The first-order valence-corrected chi connectivity index (χ1v) is 11.1. The van der Waals surface area contributed by atoms with Crippen molar-refractivity contribution in [3.63, 3.8) is 0 Å². The van der Waals surface area contributed by atoms with Gasteiger partial charge < -0.3 is 14.5 Å². The van der Waals surface area contributed by atoms with Gasteiger partial charge in [0.25, 0.3) is 0 Å². The maximum atomic E-state index is 5.45. The minimum atomic E-state index is 0.526. The van der Waals surface area contributed by atoms with Crippen molar-refractivity contribution in [3.05, 3.63) is 0 Å². The van der Waals surface area contributed by atoms with Crippen LogP contribution in [0.15, 0.2) is 0 Å². The van der Waals surface area contributed by atoms with Gasteiger partial charge in [0.15, 0.2) is 0 Å². The molecule has 0 radical (unpaired) electrons. The Morgan fingerprint density at radius 2 is 1.69 bits per heavy atom. The fraction of sp³-hybridized carbons (Fsp3) is 1.00. The fourth-order valence-electron chi connectivity index (χ4n) is 6.16. The van der Waals surface area contributed by atoms with E-state index in [0.29, 0.717) is 17.6 Å². The van der Waals surface area contributed by atoms with Crippen LogP contribution >= 0.6 is 0 Å². The van der Waals surface area contributed by atoms with Crippen LogP contribution in [0.3, 0.4) is 0 Å². The molecule has 4 heteroatoms. The van der Waals surface area contributed by atoms with Crippen LogP contribution in [-0.4, -0.2) is 85.3 Å². The Bertz CT molecular complexity index is 470. The average Bonchev–Trinajstić information content (AvgIpc) is 2.43. The van der Waals surface area contributed by atoms with Crippen molar-refractivity contribution in [1.29, 1.82) is 0 Å². The number of nitrogens with zero attached hydrogens (tertiary/aromatic N) is 3. The summed E-state index contributed by atoms with van der Waals surface area (Å²) in [6, 6.07) is 3.18. The molecule has 1 heterocycles. The minimum Gasteiger partial charge on any atom is -0.381 e. The van der Waals surface area contributed by atoms with E-state index in [2.05, 4.69) is 42.5 Å². The van der Waals surface area contributed by atoms with Crippen molar-refractivity contribution in [2.24, 2.45) is 11.3 Å². The number of likely N-dealkylation sites (tertiary alicyclic amines) is 1. The Kier molecular flexibility index (Phi) is 5.42. The normalized spacial score (nSPS) is 36.9. The summed E-state index contributed by atoms with van der Waals surface area (Å²) < 4.78 is 5.45. The van der Waals surface area contributed by atoms with Gasteiger partial charge in [-0.1, -0.05) is 6.92 Å². The average molecular weight is 364 g/mol. The third-order valence-corrected chi connectivity index (χ3v) is 8.17. The second-order valence-electron chi connectivity index (χ2n) is 10.5. The summed E-state index contributed by atoms with van der Waals surface area (Å²) in [5.41, 5.74) is 0.678. The summed E-state index contributed by atoms with van der Waals surface area (Å²) in [4.78, 5) is 8.16. The highest BCUT2D eigenvalue weighted by atomic mass is 16.5. The molecule has 0 N–H and O–H groups in total. The molecule has 0 amide bonds. The lowest BCUT2D eigenvalue weighted by Crippen LogP contribution is -2.68. The van der Waals surface area contributed by atoms with E-state index < -0.39 is 0 Å². The molecule has 1 spiro atoms. The van der Waals surface area contributed by atoms with Gasteiger partial charge in [0, 0.05) is 57.5 Å². The van der Waals surface area contributed by atoms with Gasteiger partial charge in [-0.3, -0.25) is 4.90 Å². The molecule has 26 heavy (non-hydrogen) atoms. The zero-order valence-corrected chi connectivity index (χ0v) is 17.8. The van der Waals surface area contributed by atoms with Gasteiger partial charge in [-0.2, -0.15) is 0 Å². The largest absolute Gasteiger partial charge is 0.381 e. The first-order chi connectivity index (χ1) is 12.4. The zero-order chi connectivity index (χ0) is 18.5. The molecular formula is C22H41N3O. The highest BCUT2D eigenvalue weighted by Crippen LogP contribution is 2.51. The molecule has 0 bridgehead atoms. The van der Waals surface area contributed by atoms with Crippen LogP contribution in [0.25, 0.3) is 0 Å². The van der Waals surface area contributed by atoms with Gasteiger partial charge in [0.05, 0.1) is 6.10 Å². The molecule has 0 atom stereocenters. The van der Waals surface area contributed by atoms with Crippen LogP contribution in [0, 0.1) is 11.3 Å². The maximum Gasteiger partial charge on any atom is 0.0601 e. The van der Waals surface area contributed by atoms with Crippen LogP contribution in [-0.2, 0) is 4.74 Å². The van der Waals surface area contributed by atoms with E-state index in [1.807, 2.05) is 7.11 Å². The number of rotatable bonds is 8. The van der Waals surface area contributed by atoms with Crippen molar-refractivity contribution in [2.45, 2.75) is 89.6 Å². The van der Waals surface area contributed by atoms with Gasteiger partial charge in [-0.25, -0.2) is 0 Å². The Hall–Kier alpha value is -0.160. The van der Waals surface area contributed by atoms with Crippen LogP contribution in [0.5, 0.6) is 0 Å². The Labute approximate surface area is 161 Å². The van der Waals surface area contributed by atoms with Gasteiger partial charge in [0.1, 0.15) is 0 Å². The van der Waals surface area contributed by atoms with E-state index in [-0.39, 0.29) is 0 Å². The number of methoxy groups -OCH3 is 1. The molecule has 4 fully saturated rings. The summed E-state index contributed by atoms with van der Waals surface area (Å²) in [5, 5.41) is 0. The van der Waals surface area contributed by atoms with Crippen molar-refractivity contribution in [1.82, 2.24) is 14.7 Å². The lowest BCUT2D eigenvalue weighted by molar-refractivity contribution is -0.130. The molecule has 0 unspecified atom stereocenters. The van der Waals surface area contributed by atoms with E-state index in [4.69, 9.17) is 4.74 Å². The van der Waals surface area contributed by atoms with E-state index in [1.165, 1.54) is 64.7 Å². The lowest BCUT2D eigenvalue weighted by Gasteiger charge is -2.62. The SMILES string of the molecule is COC1CC(N(C)C2CC3(C2)CN(CCN(C(C)C)C2CC(C)C2)C3)C1. The Morgan fingerprint density at radius 1 is 1.04 bits per heavy atom. The van der Waals surface area contributed by atoms with Crippen molar-refractivity contribution >= 4 is 0 Å². The molecule has 0 aromatic rings. The highest BCUT2D eigenvalue weighted by molar-refractivity contribution is 5.08. The minimum absolute atomic E-state index is 0.526. The molecule has 1 saturated heterocycles. The second kappa shape index (κ2) is 7.35. The molecule has 4 aliphatic rings. The molecule has 4 rings (SSSR count). The smallest absolute Gasteiger partial charge is 0.0601 e. The molecular weight excluding hydrogens is 322 g/mol. The van der Waals surface area contributed by atoms with Crippen LogP contribution < -0.4 is 0 Å². The Balaban J connectivity index is 1.14. The number of ether oxygens (including phenoxy) is 1. The van der Waals surface area contributed by atoms with Gasteiger partial charge in [0.2, 0.25) is 0 Å². The zero-order valence-electron chi connectivity index (χ0n) is 17.8. The summed E-state index contributed by atoms with van der Waals surface area (Å²) >= 11 is 0. The molecule has 3 saturated carbocycles. The number of hydrogen-bond acceptors (Lipinski definition) is 4. The van der Waals surface area contributed by atoms with Gasteiger partial charge >= 0.3 is 0 Å². The second-order valence-corrected chi connectivity index (χ2v) is 10.5. The van der Waals surface area contributed by atoms with E-state index in [0.717, 1.165) is 24.0 Å². The first kappa shape index (κ1) is 19.2. The number of hydrogen-bond donors (Lipinski definition) is 0. The van der Waals surface area contributed by atoms with E-state index in [1.54, 1.807) is 0 Å². The topological polar surface area (TPSA) is 19.0 Å². The summed E-state index contributed by atoms with van der Waals surface area (Å²) in [6.45, 7) is 12.4. The highest BCUT2D eigenvalue weighted by Gasteiger charge is 2.54. The summed E-state index contributed by atoms with van der Waals surface area (Å²) in [6.07, 6.45) is 8.71. The molecule has 0 aromatic carbocycles. The molecule has 4 nitrogen and oxygen atoms in total. The summed E-state index contributed by atoms with van der Waals surface area (Å²) in [5.74, 6) is 0.951. The predicted octanol–water partition coefficient (Wildman–Crippen LogP) is 3.07. The van der Waals surface area contributed by atoms with Crippen molar-refractivity contribution in [2.75, 3.05) is 40.3 Å². The van der Waals surface area contributed by atoms with Crippen LogP contribution in [0.4, 0.5) is 0 Å². The third-order valence-electron chi connectivity index (χ3n) is 8.17. The molecule has 3 aliphatic carbocycles. The van der Waals surface area contributed by atoms with Crippen molar-refractivity contribution < 1.29 is 4.74 Å². The third kappa shape index (κ3) is 3.59. The van der Waals surface area contributed by atoms with Crippen molar-refractivity contribution in [3.8, 4) is 0 Å². The first-order valence-electron chi connectivity index (χ1n) is 11.1. The molecule has 150 valence electrons. The fourth-order valence-corrected chi connectivity index (χ4v) is 6.16. The quantitative estimate of drug-likeness (QED) is 0.660. The van der Waals surface area contributed by atoms with E-state index >= 15 is 0 Å². The maximum absolute atomic E-state index is 5.45. The van der Waals surface area contributed by atoms with Gasteiger partial charge in [-0.05, 0) is 70.8 Å². The predicted molar refractivity (Wildman–Crippen MR) is 108 cm³/mol. The Morgan fingerprint density at radius 3 is 2.23 bits per heavy atom. The summed E-state index contributed by atoms with van der Waals surface area (Å²) in [7, 11) is 4.21. The standard InChI is InChI=1S/C22H41N3O/c1-16(2)25(19-8-17(3)9-19)7-6-24-14-22(15-24)12-20(13-22)23(4)18-10-21(11-18)26-5/h16-21H,6-15H2,1-5H3. The van der Waals surface area contributed by atoms with Crippen LogP contribution in [0.2, 0.25) is 0 Å². The molecule has 0 aromatic heterocycles. The monoisotopic (exact) mass is 363 g/mol.